The van der Waals surface area contributed by atoms with Crippen LogP contribution < -0.4 is 5.32 Å². The second-order valence-corrected chi connectivity index (χ2v) is 6.89. The van der Waals surface area contributed by atoms with Crippen LogP contribution in [0.3, 0.4) is 0 Å². The Morgan fingerprint density at radius 1 is 1.11 bits per heavy atom. The fourth-order valence-electron chi connectivity index (χ4n) is 3.04. The maximum absolute atomic E-state index is 13.4. The number of ether oxygens (including phenoxy) is 1. The number of carbonyl (C=O) groups excluding carboxylic acids is 2. The Hall–Kier alpha value is -3.33. The van der Waals surface area contributed by atoms with E-state index >= 15 is 0 Å². The lowest BCUT2D eigenvalue weighted by Gasteiger charge is -2.27. The van der Waals surface area contributed by atoms with Gasteiger partial charge in [0.15, 0.2) is 11.8 Å². The van der Waals surface area contributed by atoms with Crippen LogP contribution in [0.25, 0.3) is 5.70 Å². The number of anilines is 1. The molecule has 2 aromatic carbocycles. The van der Waals surface area contributed by atoms with Gasteiger partial charge in [-0.2, -0.15) is 4.68 Å². The van der Waals surface area contributed by atoms with Gasteiger partial charge in [0.05, 0.1) is 18.4 Å². The van der Waals surface area contributed by atoms with E-state index in [0.717, 1.165) is 4.47 Å². The second kappa shape index (κ2) is 7.35. The van der Waals surface area contributed by atoms with Crippen LogP contribution in [0.2, 0.25) is 0 Å². The number of methoxy groups -OCH3 is 1. The molecule has 0 amide bonds. The van der Waals surface area contributed by atoms with E-state index in [0.29, 0.717) is 16.8 Å². The largest absolute Gasteiger partial charge is 0.467 e. The molecular formula is C19H14BrN5O3. The van der Waals surface area contributed by atoms with Crippen molar-refractivity contribution in [2.45, 2.75) is 6.04 Å². The van der Waals surface area contributed by atoms with E-state index in [1.807, 2.05) is 30.3 Å². The van der Waals surface area contributed by atoms with Crippen molar-refractivity contribution in [1.29, 1.82) is 0 Å². The molecule has 28 heavy (non-hydrogen) atoms. The number of Topliss-reactive ketones (excluding diaryl/α,β-unsaturated/α-hetero) is 1. The Labute approximate surface area is 168 Å². The fraction of sp³-hybridized carbons (Fsp3) is 0.105. The first-order valence-electron chi connectivity index (χ1n) is 8.33. The third-order valence-electron chi connectivity index (χ3n) is 4.33. The average molecular weight is 440 g/mol. The number of hydrogen-bond acceptors (Lipinski definition) is 7. The van der Waals surface area contributed by atoms with Gasteiger partial charge in [-0.3, -0.25) is 4.79 Å². The van der Waals surface area contributed by atoms with Crippen molar-refractivity contribution in [1.82, 2.24) is 20.2 Å². The quantitative estimate of drug-likeness (QED) is 0.492. The van der Waals surface area contributed by atoms with Crippen LogP contribution in [0.15, 0.2) is 64.6 Å². The molecular weight excluding hydrogens is 426 g/mol. The zero-order valence-electron chi connectivity index (χ0n) is 14.7. The van der Waals surface area contributed by atoms with E-state index in [1.54, 1.807) is 24.3 Å². The number of fused-ring (bicyclic) bond motifs is 1. The van der Waals surface area contributed by atoms with E-state index in [1.165, 1.54) is 11.8 Å². The zero-order valence-corrected chi connectivity index (χ0v) is 16.3. The van der Waals surface area contributed by atoms with Gasteiger partial charge < -0.3 is 10.1 Å². The van der Waals surface area contributed by atoms with Crippen LogP contribution in [-0.2, 0) is 9.53 Å². The van der Waals surface area contributed by atoms with Crippen LogP contribution in [0.5, 0.6) is 0 Å². The Morgan fingerprint density at radius 3 is 2.50 bits per heavy atom. The van der Waals surface area contributed by atoms with Gasteiger partial charge in [-0.15, -0.1) is 0 Å². The number of rotatable bonds is 4. The van der Waals surface area contributed by atoms with Crippen LogP contribution in [-0.4, -0.2) is 45.1 Å². The molecule has 0 saturated heterocycles. The number of carbonyl (C=O) groups is 2. The van der Waals surface area contributed by atoms with E-state index in [-0.39, 0.29) is 17.3 Å². The van der Waals surface area contributed by atoms with Gasteiger partial charge in [-0.1, -0.05) is 63.5 Å². The predicted octanol–water partition coefficient (Wildman–Crippen LogP) is 2.54. The molecule has 3 aromatic rings. The van der Waals surface area contributed by atoms with Crippen molar-refractivity contribution in [3.05, 3.63) is 75.8 Å². The smallest absolute Gasteiger partial charge is 0.333 e. The summed E-state index contributed by atoms with van der Waals surface area (Å²) in [5.41, 5.74) is 1.77. The summed E-state index contributed by atoms with van der Waals surface area (Å²) in [7, 11) is 1.27. The van der Waals surface area contributed by atoms with Gasteiger partial charge in [0.1, 0.15) is 0 Å². The van der Waals surface area contributed by atoms with Crippen molar-refractivity contribution in [3.63, 3.8) is 0 Å². The first kappa shape index (κ1) is 18.1. The van der Waals surface area contributed by atoms with E-state index in [9.17, 15) is 9.59 Å². The van der Waals surface area contributed by atoms with Gasteiger partial charge in [0.2, 0.25) is 5.95 Å². The van der Waals surface area contributed by atoms with Gasteiger partial charge >= 0.3 is 5.97 Å². The lowest BCUT2D eigenvalue weighted by atomic mass is 9.91. The fourth-order valence-corrected chi connectivity index (χ4v) is 3.31. The minimum Gasteiger partial charge on any atom is -0.467 e. The summed E-state index contributed by atoms with van der Waals surface area (Å²) in [6.45, 7) is 0. The minimum absolute atomic E-state index is 0.208. The summed E-state index contributed by atoms with van der Waals surface area (Å²) in [4.78, 5) is 25.9. The van der Waals surface area contributed by atoms with Crippen molar-refractivity contribution in [2.75, 3.05) is 12.4 Å². The molecule has 1 N–H and O–H groups in total. The number of tetrazole rings is 1. The van der Waals surface area contributed by atoms with Crippen molar-refractivity contribution in [3.8, 4) is 0 Å². The van der Waals surface area contributed by atoms with Gasteiger partial charge in [-0.05, 0) is 22.6 Å². The number of ketones is 1. The Balaban J connectivity index is 2.00. The Bertz CT molecular complexity index is 1080. The number of aromatic nitrogens is 4. The number of nitrogens with one attached hydrogen (secondary N) is 1. The number of nitrogens with zero attached hydrogens (tertiary/aromatic N) is 4. The highest BCUT2D eigenvalue weighted by molar-refractivity contribution is 9.10. The molecule has 1 aliphatic heterocycles. The highest BCUT2D eigenvalue weighted by Gasteiger charge is 2.39. The lowest BCUT2D eigenvalue weighted by Crippen LogP contribution is -2.41. The number of benzene rings is 2. The average Bonchev–Trinajstić information content (AvgIpc) is 3.21. The van der Waals surface area contributed by atoms with E-state index < -0.39 is 12.0 Å². The van der Waals surface area contributed by atoms with Crippen LogP contribution in [0, 0.1) is 0 Å². The Morgan fingerprint density at radius 2 is 1.82 bits per heavy atom. The summed E-state index contributed by atoms with van der Waals surface area (Å²) in [5.74, 6) is -0.677. The Kier molecular flexibility index (Phi) is 4.74. The summed E-state index contributed by atoms with van der Waals surface area (Å²) in [6.07, 6.45) is 0. The molecule has 0 radical (unpaired) electrons. The maximum atomic E-state index is 13.4. The standard InChI is InChI=1S/C19H14BrN5O3/c1-28-18(27)15-14(17(26)12-5-3-2-4-6-12)16(11-7-9-13(20)10-8-11)25-19(21-15)22-23-24-25/h2-10,15H,1H3,(H,21,22,24). The van der Waals surface area contributed by atoms with Crippen molar-refractivity contribution >= 4 is 39.3 Å². The monoisotopic (exact) mass is 439 g/mol. The summed E-state index contributed by atoms with van der Waals surface area (Å²) >= 11 is 3.40. The molecule has 9 heteroatoms. The molecule has 1 atom stereocenters. The summed E-state index contributed by atoms with van der Waals surface area (Å²) in [5, 5.41) is 14.5. The number of esters is 1. The molecule has 8 nitrogen and oxygen atoms in total. The van der Waals surface area contributed by atoms with Gasteiger partial charge in [0, 0.05) is 15.6 Å². The first-order valence-corrected chi connectivity index (χ1v) is 9.12. The predicted molar refractivity (Wildman–Crippen MR) is 104 cm³/mol. The van der Waals surface area contributed by atoms with Crippen LogP contribution in [0.1, 0.15) is 15.9 Å². The lowest BCUT2D eigenvalue weighted by molar-refractivity contribution is -0.140. The minimum atomic E-state index is -1.05. The van der Waals surface area contributed by atoms with Crippen molar-refractivity contribution < 1.29 is 14.3 Å². The van der Waals surface area contributed by atoms with Crippen LogP contribution in [0.4, 0.5) is 5.95 Å². The molecule has 1 unspecified atom stereocenters. The highest BCUT2D eigenvalue weighted by Crippen LogP contribution is 2.33. The molecule has 1 aliphatic rings. The molecule has 0 aliphatic carbocycles. The van der Waals surface area contributed by atoms with Gasteiger partial charge in [0.25, 0.3) is 0 Å². The third kappa shape index (κ3) is 3.09. The molecule has 2 heterocycles. The molecule has 0 spiro atoms. The maximum Gasteiger partial charge on any atom is 0.333 e. The molecule has 0 fully saturated rings. The normalized spacial score (nSPS) is 15.6. The molecule has 4 rings (SSSR count). The topological polar surface area (TPSA) is 99.0 Å². The molecule has 140 valence electrons. The number of hydrogen-bond donors (Lipinski definition) is 1. The highest BCUT2D eigenvalue weighted by atomic mass is 79.9. The SMILES string of the molecule is COC(=O)C1Nc2nnnn2C(c2ccc(Br)cc2)=C1C(=O)c1ccccc1. The van der Waals surface area contributed by atoms with Crippen LogP contribution >= 0.6 is 15.9 Å². The molecule has 0 saturated carbocycles. The summed E-state index contributed by atoms with van der Waals surface area (Å²) in [6, 6.07) is 15.0. The second-order valence-electron chi connectivity index (χ2n) is 5.98. The number of halogens is 1. The van der Waals surface area contributed by atoms with Crippen molar-refractivity contribution in [2.24, 2.45) is 0 Å². The van der Waals surface area contributed by atoms with E-state index in [2.05, 4.69) is 36.8 Å². The first-order chi connectivity index (χ1) is 13.6. The third-order valence-corrected chi connectivity index (χ3v) is 4.86. The zero-order chi connectivity index (χ0) is 19.7. The molecule has 0 bridgehead atoms. The van der Waals surface area contributed by atoms with E-state index in [4.69, 9.17) is 4.74 Å². The molecule has 1 aromatic heterocycles. The van der Waals surface area contributed by atoms with Gasteiger partial charge in [-0.25, -0.2) is 4.79 Å². The summed E-state index contributed by atoms with van der Waals surface area (Å²) < 4.78 is 7.22.